The van der Waals surface area contributed by atoms with Crippen LogP contribution in [0.3, 0.4) is 0 Å². The SMILES string of the molecule is COc1ccc(C#CCCO)cc1S(=O)(=O)NN(C)C. The summed E-state index contributed by atoms with van der Waals surface area (Å²) in [6.45, 7) is -0.0313. The van der Waals surface area contributed by atoms with E-state index in [0.29, 0.717) is 12.0 Å². The number of nitrogens with one attached hydrogen (secondary N) is 1. The van der Waals surface area contributed by atoms with Crippen LogP contribution >= 0.6 is 0 Å². The molecule has 0 saturated carbocycles. The van der Waals surface area contributed by atoms with Crippen LogP contribution in [0.4, 0.5) is 0 Å². The third kappa shape index (κ3) is 4.51. The van der Waals surface area contributed by atoms with Crippen LogP contribution in [0.2, 0.25) is 0 Å². The van der Waals surface area contributed by atoms with E-state index in [4.69, 9.17) is 9.84 Å². The molecule has 0 amide bonds. The van der Waals surface area contributed by atoms with E-state index in [-0.39, 0.29) is 17.3 Å². The molecule has 0 aliphatic heterocycles. The van der Waals surface area contributed by atoms with Crippen LogP contribution in [0, 0.1) is 11.8 Å². The van der Waals surface area contributed by atoms with Gasteiger partial charge in [-0.3, -0.25) is 0 Å². The van der Waals surface area contributed by atoms with Crippen molar-refractivity contribution in [1.29, 1.82) is 0 Å². The van der Waals surface area contributed by atoms with Crippen molar-refractivity contribution in [1.82, 2.24) is 9.84 Å². The largest absolute Gasteiger partial charge is 0.495 e. The molecule has 7 heteroatoms. The fraction of sp³-hybridized carbons (Fsp3) is 0.385. The van der Waals surface area contributed by atoms with Crippen LogP contribution in [0.25, 0.3) is 0 Å². The number of hydrogen-bond donors (Lipinski definition) is 2. The predicted octanol–water partition coefficient (Wildman–Crippen LogP) is 0.184. The number of nitrogens with zero attached hydrogens (tertiary/aromatic N) is 1. The highest BCUT2D eigenvalue weighted by Crippen LogP contribution is 2.24. The molecule has 2 N–H and O–H groups in total. The van der Waals surface area contributed by atoms with Crippen molar-refractivity contribution in [3.05, 3.63) is 23.8 Å². The maximum absolute atomic E-state index is 12.2. The van der Waals surface area contributed by atoms with Gasteiger partial charge in [-0.1, -0.05) is 11.8 Å². The monoisotopic (exact) mass is 298 g/mol. The van der Waals surface area contributed by atoms with Gasteiger partial charge in [0.2, 0.25) is 0 Å². The van der Waals surface area contributed by atoms with Gasteiger partial charge in [-0.15, -0.1) is 4.83 Å². The summed E-state index contributed by atoms with van der Waals surface area (Å²) in [5, 5.41) is 10.0. The lowest BCUT2D eigenvalue weighted by Crippen LogP contribution is -2.36. The number of benzene rings is 1. The summed E-state index contributed by atoms with van der Waals surface area (Å²) in [4.78, 5) is 2.36. The normalized spacial score (nSPS) is 11.1. The van der Waals surface area contributed by atoms with Crippen molar-refractivity contribution in [3.63, 3.8) is 0 Å². The fourth-order valence-corrected chi connectivity index (χ4v) is 2.75. The van der Waals surface area contributed by atoms with Crippen molar-refractivity contribution in [2.24, 2.45) is 0 Å². The summed E-state index contributed by atoms with van der Waals surface area (Å²) >= 11 is 0. The van der Waals surface area contributed by atoms with Crippen molar-refractivity contribution >= 4 is 10.0 Å². The molecule has 110 valence electrons. The minimum atomic E-state index is -3.72. The van der Waals surface area contributed by atoms with Crippen molar-refractivity contribution in [3.8, 4) is 17.6 Å². The minimum absolute atomic E-state index is 0.0181. The van der Waals surface area contributed by atoms with E-state index in [2.05, 4.69) is 16.7 Å². The second-order valence-corrected chi connectivity index (χ2v) is 5.76. The molecule has 1 rings (SSSR count). The van der Waals surface area contributed by atoms with Crippen LogP contribution in [-0.4, -0.2) is 46.3 Å². The molecule has 20 heavy (non-hydrogen) atoms. The van der Waals surface area contributed by atoms with Crippen LogP contribution in [0.15, 0.2) is 23.1 Å². The molecular formula is C13H18N2O4S. The van der Waals surface area contributed by atoms with Gasteiger partial charge in [0, 0.05) is 26.1 Å². The van der Waals surface area contributed by atoms with Crippen LogP contribution < -0.4 is 9.57 Å². The molecule has 0 bridgehead atoms. The topological polar surface area (TPSA) is 78.9 Å². The molecule has 6 nitrogen and oxygen atoms in total. The van der Waals surface area contributed by atoms with Gasteiger partial charge in [0.05, 0.1) is 13.7 Å². The van der Waals surface area contributed by atoms with E-state index in [1.165, 1.54) is 18.2 Å². The number of sulfonamides is 1. The highest BCUT2D eigenvalue weighted by Gasteiger charge is 2.20. The standard InChI is InChI=1S/C13H18N2O4S/c1-15(2)14-20(17,18)13-10-11(6-4-5-9-16)7-8-12(13)19-3/h7-8,10,14,16H,5,9H2,1-3H3. The Bertz CT molecular complexity index is 615. The summed E-state index contributed by atoms with van der Waals surface area (Å²) < 4.78 is 29.4. The summed E-state index contributed by atoms with van der Waals surface area (Å²) in [6.07, 6.45) is 0.337. The van der Waals surface area contributed by atoms with Crippen molar-refractivity contribution in [2.75, 3.05) is 27.8 Å². The van der Waals surface area contributed by atoms with Crippen molar-refractivity contribution in [2.45, 2.75) is 11.3 Å². The van der Waals surface area contributed by atoms with Gasteiger partial charge < -0.3 is 9.84 Å². The van der Waals surface area contributed by atoms with Gasteiger partial charge >= 0.3 is 0 Å². The van der Waals surface area contributed by atoms with Gasteiger partial charge in [0.1, 0.15) is 10.6 Å². The third-order valence-electron chi connectivity index (χ3n) is 2.23. The molecule has 1 aromatic carbocycles. The number of methoxy groups -OCH3 is 1. The Morgan fingerprint density at radius 3 is 2.65 bits per heavy atom. The summed E-state index contributed by atoms with van der Waals surface area (Å²) in [6, 6.07) is 4.65. The van der Waals surface area contributed by atoms with Gasteiger partial charge in [-0.2, -0.15) is 0 Å². The van der Waals surface area contributed by atoms with E-state index < -0.39 is 10.0 Å². The maximum atomic E-state index is 12.2. The van der Waals surface area contributed by atoms with Crippen LogP contribution in [0.5, 0.6) is 5.75 Å². The number of hydrazine groups is 1. The maximum Gasteiger partial charge on any atom is 0.257 e. The zero-order chi connectivity index (χ0) is 15.2. The average molecular weight is 298 g/mol. The van der Waals surface area contributed by atoms with Gasteiger partial charge in [0.25, 0.3) is 10.0 Å². The molecule has 0 unspecified atom stereocenters. The molecule has 0 heterocycles. The van der Waals surface area contributed by atoms with Crippen LogP contribution in [0.1, 0.15) is 12.0 Å². The molecule has 0 fully saturated rings. The Morgan fingerprint density at radius 1 is 1.40 bits per heavy atom. The molecule has 0 aliphatic rings. The Kier molecular flexibility index (Phi) is 5.98. The number of aliphatic hydroxyl groups is 1. The zero-order valence-electron chi connectivity index (χ0n) is 11.7. The number of hydrogen-bond acceptors (Lipinski definition) is 5. The summed E-state index contributed by atoms with van der Waals surface area (Å²) in [5.74, 6) is 5.78. The first kappa shape index (κ1) is 16.5. The minimum Gasteiger partial charge on any atom is -0.495 e. The molecule has 0 spiro atoms. The Balaban J connectivity index is 3.23. The molecule has 0 aromatic heterocycles. The van der Waals surface area contributed by atoms with Crippen molar-refractivity contribution < 1.29 is 18.3 Å². The Morgan fingerprint density at radius 2 is 2.10 bits per heavy atom. The lowest BCUT2D eigenvalue weighted by molar-refractivity contribution is 0.305. The number of rotatable bonds is 5. The quantitative estimate of drug-likeness (QED) is 0.599. The Labute approximate surface area is 119 Å². The third-order valence-corrected chi connectivity index (χ3v) is 3.73. The summed E-state index contributed by atoms with van der Waals surface area (Å²) in [7, 11) is 0.839. The first-order valence-electron chi connectivity index (χ1n) is 5.88. The second kappa shape index (κ2) is 7.26. The van der Waals surface area contributed by atoms with E-state index >= 15 is 0 Å². The van der Waals surface area contributed by atoms with Gasteiger partial charge in [-0.25, -0.2) is 13.4 Å². The fourth-order valence-electron chi connectivity index (χ4n) is 1.47. The lowest BCUT2D eigenvalue weighted by Gasteiger charge is -2.15. The number of ether oxygens (including phenoxy) is 1. The zero-order valence-corrected chi connectivity index (χ0v) is 12.5. The van der Waals surface area contributed by atoms with E-state index in [9.17, 15) is 8.42 Å². The Hall–Kier alpha value is -1.59. The first-order chi connectivity index (χ1) is 9.40. The van der Waals surface area contributed by atoms with E-state index in [1.807, 2.05) is 0 Å². The molecular weight excluding hydrogens is 280 g/mol. The molecule has 0 aliphatic carbocycles. The van der Waals surface area contributed by atoms with Gasteiger partial charge in [-0.05, 0) is 18.2 Å². The van der Waals surface area contributed by atoms with E-state index in [1.54, 1.807) is 26.2 Å². The van der Waals surface area contributed by atoms with Gasteiger partial charge in [0.15, 0.2) is 0 Å². The highest BCUT2D eigenvalue weighted by atomic mass is 32.2. The second-order valence-electron chi connectivity index (χ2n) is 4.13. The lowest BCUT2D eigenvalue weighted by atomic mass is 10.2. The average Bonchev–Trinajstić information content (AvgIpc) is 2.37. The highest BCUT2D eigenvalue weighted by molar-refractivity contribution is 7.89. The number of aliphatic hydroxyl groups excluding tert-OH is 1. The molecule has 0 saturated heterocycles. The molecule has 0 radical (unpaired) electrons. The van der Waals surface area contributed by atoms with E-state index in [0.717, 1.165) is 0 Å². The molecule has 0 atom stereocenters. The van der Waals surface area contributed by atoms with Crippen LogP contribution in [-0.2, 0) is 10.0 Å². The smallest absolute Gasteiger partial charge is 0.257 e. The first-order valence-corrected chi connectivity index (χ1v) is 7.36. The summed E-state index contributed by atoms with van der Waals surface area (Å²) in [5.41, 5.74) is 0.540. The predicted molar refractivity (Wildman–Crippen MR) is 75.6 cm³/mol. The molecule has 1 aromatic rings.